The molecule has 0 aromatic carbocycles. The van der Waals surface area contributed by atoms with Crippen molar-refractivity contribution in [1.29, 1.82) is 0 Å². The maximum atomic E-state index is 4.47. The summed E-state index contributed by atoms with van der Waals surface area (Å²) in [5.41, 5.74) is 0.349. The number of anilines is 2. The normalized spacial score (nSPS) is 16.9. The minimum absolute atomic E-state index is 0.349. The molecule has 2 heterocycles. The Labute approximate surface area is 124 Å². The van der Waals surface area contributed by atoms with Gasteiger partial charge in [0, 0.05) is 26.0 Å². The fourth-order valence-electron chi connectivity index (χ4n) is 2.75. The second-order valence-electron chi connectivity index (χ2n) is 5.87. The summed E-state index contributed by atoms with van der Waals surface area (Å²) in [5, 5.41) is 6.34. The monoisotopic (exact) mass is 287 g/mol. The molecular formula is C14H21N7. The summed E-state index contributed by atoms with van der Waals surface area (Å²) in [6.07, 6.45) is 10.4. The Morgan fingerprint density at radius 2 is 1.95 bits per heavy atom. The van der Waals surface area contributed by atoms with Crippen molar-refractivity contribution in [3.63, 3.8) is 0 Å². The van der Waals surface area contributed by atoms with Crippen molar-refractivity contribution in [3.05, 3.63) is 18.7 Å². The van der Waals surface area contributed by atoms with Crippen LogP contribution in [0.3, 0.4) is 0 Å². The number of nitrogens with one attached hydrogen (secondary N) is 2. The number of imidazole rings is 1. The van der Waals surface area contributed by atoms with Crippen LogP contribution in [0.25, 0.3) is 5.95 Å². The molecule has 7 heteroatoms. The summed E-state index contributed by atoms with van der Waals surface area (Å²) in [6.45, 7) is 3.22. The van der Waals surface area contributed by atoms with E-state index in [9.17, 15) is 0 Å². The Hall–Kier alpha value is -2.18. The molecule has 2 N–H and O–H groups in total. The summed E-state index contributed by atoms with van der Waals surface area (Å²) in [7, 11) is 1.80. The fourth-order valence-corrected chi connectivity index (χ4v) is 2.75. The fraction of sp³-hybridized carbons (Fsp3) is 0.571. The van der Waals surface area contributed by atoms with Gasteiger partial charge in [-0.15, -0.1) is 0 Å². The standard InChI is InChI=1S/C14H21N7/c1-14(5-3-4-6-14)9-17-12-18-11(15-2)19-13(20-12)21-8-7-16-10-21/h7-8,10H,3-6,9H2,1-2H3,(H2,15,17,18,19,20). The first-order valence-corrected chi connectivity index (χ1v) is 7.35. The predicted octanol–water partition coefficient (Wildman–Crippen LogP) is 2.09. The number of nitrogens with zero attached hydrogens (tertiary/aromatic N) is 5. The van der Waals surface area contributed by atoms with Gasteiger partial charge < -0.3 is 10.6 Å². The summed E-state index contributed by atoms with van der Waals surface area (Å²) in [5.74, 6) is 1.71. The molecule has 0 atom stereocenters. The minimum atomic E-state index is 0.349. The zero-order valence-electron chi connectivity index (χ0n) is 12.5. The van der Waals surface area contributed by atoms with E-state index in [2.05, 4.69) is 37.5 Å². The van der Waals surface area contributed by atoms with E-state index in [1.165, 1.54) is 25.7 Å². The smallest absolute Gasteiger partial charge is 0.241 e. The zero-order chi connectivity index (χ0) is 14.7. The van der Waals surface area contributed by atoms with Crippen LogP contribution in [-0.2, 0) is 0 Å². The molecule has 0 radical (unpaired) electrons. The van der Waals surface area contributed by atoms with E-state index in [4.69, 9.17) is 0 Å². The molecule has 0 bridgehead atoms. The van der Waals surface area contributed by atoms with Gasteiger partial charge in [0.2, 0.25) is 17.8 Å². The van der Waals surface area contributed by atoms with Gasteiger partial charge in [0.05, 0.1) is 0 Å². The van der Waals surface area contributed by atoms with Gasteiger partial charge in [0.1, 0.15) is 6.33 Å². The first-order valence-electron chi connectivity index (χ1n) is 7.35. The molecule has 21 heavy (non-hydrogen) atoms. The van der Waals surface area contributed by atoms with Gasteiger partial charge in [-0.05, 0) is 18.3 Å². The first-order chi connectivity index (χ1) is 10.2. The molecule has 112 valence electrons. The summed E-state index contributed by atoms with van der Waals surface area (Å²) in [4.78, 5) is 17.2. The van der Waals surface area contributed by atoms with Crippen LogP contribution in [0.1, 0.15) is 32.6 Å². The van der Waals surface area contributed by atoms with Crippen molar-refractivity contribution in [3.8, 4) is 5.95 Å². The van der Waals surface area contributed by atoms with Crippen molar-refractivity contribution in [1.82, 2.24) is 24.5 Å². The third kappa shape index (κ3) is 3.12. The Morgan fingerprint density at radius 3 is 2.62 bits per heavy atom. The molecule has 0 unspecified atom stereocenters. The van der Waals surface area contributed by atoms with Crippen LogP contribution in [-0.4, -0.2) is 38.1 Å². The number of hydrogen-bond acceptors (Lipinski definition) is 6. The first kappa shape index (κ1) is 13.8. The van der Waals surface area contributed by atoms with Crippen molar-refractivity contribution < 1.29 is 0 Å². The predicted molar refractivity (Wildman–Crippen MR) is 81.6 cm³/mol. The van der Waals surface area contributed by atoms with E-state index in [0.717, 1.165) is 6.54 Å². The van der Waals surface area contributed by atoms with Crippen LogP contribution < -0.4 is 10.6 Å². The minimum Gasteiger partial charge on any atom is -0.357 e. The Morgan fingerprint density at radius 1 is 1.19 bits per heavy atom. The van der Waals surface area contributed by atoms with E-state index in [0.29, 0.717) is 23.3 Å². The third-order valence-corrected chi connectivity index (χ3v) is 4.07. The molecule has 7 nitrogen and oxygen atoms in total. The van der Waals surface area contributed by atoms with Crippen LogP contribution in [0.5, 0.6) is 0 Å². The van der Waals surface area contributed by atoms with Crippen molar-refractivity contribution in [2.24, 2.45) is 5.41 Å². The second-order valence-corrected chi connectivity index (χ2v) is 5.87. The van der Waals surface area contributed by atoms with Gasteiger partial charge in [-0.25, -0.2) is 4.98 Å². The molecule has 0 aliphatic heterocycles. The zero-order valence-corrected chi connectivity index (χ0v) is 12.5. The van der Waals surface area contributed by atoms with E-state index in [1.807, 2.05) is 6.20 Å². The maximum Gasteiger partial charge on any atom is 0.241 e. The van der Waals surface area contributed by atoms with Crippen molar-refractivity contribution >= 4 is 11.9 Å². The molecule has 1 aliphatic rings. The highest BCUT2D eigenvalue weighted by molar-refractivity contribution is 5.37. The van der Waals surface area contributed by atoms with Gasteiger partial charge >= 0.3 is 0 Å². The molecular weight excluding hydrogens is 266 g/mol. The van der Waals surface area contributed by atoms with Gasteiger partial charge in [0.25, 0.3) is 0 Å². The molecule has 2 aromatic rings. The Kier molecular flexibility index (Phi) is 3.72. The lowest BCUT2D eigenvalue weighted by molar-refractivity contribution is 0.361. The molecule has 1 aliphatic carbocycles. The highest BCUT2D eigenvalue weighted by atomic mass is 15.3. The summed E-state index contributed by atoms with van der Waals surface area (Å²) in [6, 6.07) is 0. The number of hydrogen-bond donors (Lipinski definition) is 2. The largest absolute Gasteiger partial charge is 0.357 e. The summed E-state index contributed by atoms with van der Waals surface area (Å²) < 4.78 is 1.77. The number of aromatic nitrogens is 5. The van der Waals surface area contributed by atoms with Gasteiger partial charge in [-0.1, -0.05) is 19.8 Å². The molecule has 0 spiro atoms. The molecule has 1 saturated carbocycles. The highest BCUT2D eigenvalue weighted by Crippen LogP contribution is 2.37. The molecule has 3 rings (SSSR count). The quantitative estimate of drug-likeness (QED) is 0.876. The molecule has 0 amide bonds. The van der Waals surface area contributed by atoms with Crippen molar-refractivity contribution in [2.75, 3.05) is 24.2 Å². The lowest BCUT2D eigenvalue weighted by Gasteiger charge is -2.23. The van der Waals surface area contributed by atoms with E-state index in [1.54, 1.807) is 24.1 Å². The highest BCUT2D eigenvalue weighted by Gasteiger charge is 2.28. The average Bonchev–Trinajstić information content (AvgIpc) is 3.17. The van der Waals surface area contributed by atoms with Crippen LogP contribution >= 0.6 is 0 Å². The Bertz CT molecular complexity index is 587. The van der Waals surface area contributed by atoms with Crippen LogP contribution in [0.15, 0.2) is 18.7 Å². The Balaban J connectivity index is 1.79. The average molecular weight is 287 g/mol. The molecule has 1 fully saturated rings. The number of rotatable bonds is 5. The van der Waals surface area contributed by atoms with Crippen LogP contribution in [0.2, 0.25) is 0 Å². The lowest BCUT2D eigenvalue weighted by atomic mass is 9.89. The molecule has 0 saturated heterocycles. The topological polar surface area (TPSA) is 80.5 Å². The van der Waals surface area contributed by atoms with Gasteiger partial charge in [-0.2, -0.15) is 15.0 Å². The van der Waals surface area contributed by atoms with E-state index < -0.39 is 0 Å². The van der Waals surface area contributed by atoms with E-state index >= 15 is 0 Å². The third-order valence-electron chi connectivity index (χ3n) is 4.07. The SMILES string of the molecule is CNc1nc(NCC2(C)CCCC2)nc(-n2ccnc2)n1. The van der Waals surface area contributed by atoms with Crippen LogP contribution in [0.4, 0.5) is 11.9 Å². The van der Waals surface area contributed by atoms with Crippen LogP contribution in [0, 0.1) is 5.41 Å². The van der Waals surface area contributed by atoms with Gasteiger partial charge in [0.15, 0.2) is 0 Å². The second kappa shape index (κ2) is 5.67. The maximum absolute atomic E-state index is 4.47. The van der Waals surface area contributed by atoms with Crippen molar-refractivity contribution in [2.45, 2.75) is 32.6 Å². The molecule has 2 aromatic heterocycles. The van der Waals surface area contributed by atoms with E-state index in [-0.39, 0.29) is 0 Å². The summed E-state index contributed by atoms with van der Waals surface area (Å²) >= 11 is 0. The lowest BCUT2D eigenvalue weighted by Crippen LogP contribution is -2.24. The van der Waals surface area contributed by atoms with Gasteiger partial charge in [-0.3, -0.25) is 4.57 Å².